The normalized spacial score (nSPS) is 20.2. The van der Waals surface area contributed by atoms with Crippen molar-refractivity contribution in [2.24, 2.45) is 0 Å². The van der Waals surface area contributed by atoms with Gasteiger partial charge in [-0.15, -0.1) is 0 Å². The number of nitrogens with zero attached hydrogens (tertiary/aromatic N) is 2. The van der Waals surface area contributed by atoms with Crippen LogP contribution in [0, 0.1) is 11.6 Å². The first kappa shape index (κ1) is 22.8. The summed E-state index contributed by atoms with van der Waals surface area (Å²) in [7, 11) is -3.44. The van der Waals surface area contributed by atoms with Crippen molar-refractivity contribution < 1.29 is 31.6 Å². The maximum absolute atomic E-state index is 14.3. The van der Waals surface area contributed by atoms with E-state index in [9.17, 15) is 31.6 Å². The Hall–Kier alpha value is -3.34. The summed E-state index contributed by atoms with van der Waals surface area (Å²) in [4.78, 5) is 38.9. The number of imide groups is 1. The molecule has 0 bridgehead atoms. The fourth-order valence-electron chi connectivity index (χ4n) is 4.13. The Morgan fingerprint density at radius 2 is 1.88 bits per heavy atom. The summed E-state index contributed by atoms with van der Waals surface area (Å²) >= 11 is 0. The van der Waals surface area contributed by atoms with Crippen LogP contribution in [-0.2, 0) is 26.8 Å². The summed E-state index contributed by atoms with van der Waals surface area (Å²) in [6, 6.07) is 6.19. The molecule has 2 aromatic carbocycles. The molecule has 0 aromatic heterocycles. The van der Waals surface area contributed by atoms with Crippen LogP contribution in [0.2, 0.25) is 0 Å². The quantitative estimate of drug-likeness (QED) is 0.508. The number of nitrogens with one attached hydrogen (secondary N) is 1. The van der Waals surface area contributed by atoms with Crippen LogP contribution in [0.4, 0.5) is 19.3 Å². The van der Waals surface area contributed by atoms with Crippen LogP contribution in [0.25, 0.3) is 0 Å². The number of hydrogen-bond donors (Lipinski definition) is 1. The largest absolute Gasteiger partial charge is 0.325 e. The minimum atomic E-state index is -3.44. The van der Waals surface area contributed by atoms with E-state index in [1.54, 1.807) is 13.0 Å². The highest BCUT2D eigenvalue weighted by Crippen LogP contribution is 2.33. The number of rotatable bonds is 6. The van der Waals surface area contributed by atoms with Gasteiger partial charge in [0.05, 0.1) is 18.0 Å². The second-order valence-electron chi connectivity index (χ2n) is 8.06. The first-order chi connectivity index (χ1) is 15.5. The third-order valence-corrected chi connectivity index (χ3v) is 7.78. The molecule has 0 spiro atoms. The van der Waals surface area contributed by atoms with Gasteiger partial charge in [-0.2, -0.15) is 0 Å². The molecule has 33 heavy (non-hydrogen) atoms. The molecule has 0 radical (unpaired) electrons. The van der Waals surface area contributed by atoms with Crippen molar-refractivity contribution in [1.29, 1.82) is 0 Å². The monoisotopic (exact) mass is 477 g/mol. The Kier molecular flexibility index (Phi) is 5.47. The Morgan fingerprint density at radius 1 is 1.15 bits per heavy atom. The van der Waals surface area contributed by atoms with Crippen LogP contribution in [0.1, 0.15) is 35.3 Å². The van der Waals surface area contributed by atoms with Crippen LogP contribution in [-0.4, -0.2) is 49.9 Å². The van der Waals surface area contributed by atoms with Crippen molar-refractivity contribution in [1.82, 2.24) is 10.2 Å². The number of urea groups is 1. The van der Waals surface area contributed by atoms with E-state index in [4.69, 9.17) is 0 Å². The average molecular weight is 477 g/mol. The highest BCUT2D eigenvalue weighted by atomic mass is 32.2. The topological polar surface area (TPSA) is 104 Å². The lowest BCUT2D eigenvalue weighted by atomic mass is 9.91. The number of carbonyl (C=O) groups is 3. The molecule has 1 N–H and O–H groups in total. The molecule has 2 aromatic rings. The standard InChI is InChI=1S/C22H21F2N3O5S/c1-3-33(31,32)27-9-8-13-10-14(4-7-18(13)27)19(28)12-26-20(29)22(2,25-21(26)30)16-11-15(23)5-6-17(16)24/h4-7,10-11H,3,8-9,12H2,1-2H3,(H,25,30)/t22-/m1/s1. The molecule has 11 heteroatoms. The zero-order valence-corrected chi connectivity index (χ0v) is 18.7. The zero-order valence-electron chi connectivity index (χ0n) is 17.9. The molecule has 2 aliphatic rings. The highest BCUT2D eigenvalue weighted by Gasteiger charge is 2.51. The van der Waals surface area contributed by atoms with Gasteiger partial charge in [0.2, 0.25) is 10.0 Å². The Labute approximate surface area is 189 Å². The van der Waals surface area contributed by atoms with Crippen LogP contribution >= 0.6 is 0 Å². The Bertz CT molecular complexity index is 1300. The lowest BCUT2D eigenvalue weighted by molar-refractivity contribution is -0.130. The SMILES string of the molecule is CCS(=O)(=O)N1CCc2cc(C(=O)CN3C(=O)N[C@](C)(c4cc(F)ccc4F)C3=O)ccc21. The smallest absolute Gasteiger partial charge is 0.319 e. The van der Waals surface area contributed by atoms with Gasteiger partial charge in [0.25, 0.3) is 5.91 Å². The van der Waals surface area contributed by atoms with E-state index < -0.39 is 51.5 Å². The number of amides is 3. The fourth-order valence-corrected chi connectivity index (χ4v) is 5.29. The molecule has 8 nitrogen and oxygen atoms in total. The van der Waals surface area contributed by atoms with Gasteiger partial charge >= 0.3 is 6.03 Å². The summed E-state index contributed by atoms with van der Waals surface area (Å²) < 4.78 is 53.7. The molecular weight excluding hydrogens is 456 g/mol. The lowest BCUT2D eigenvalue weighted by Crippen LogP contribution is -2.42. The number of hydrogen-bond acceptors (Lipinski definition) is 5. The first-order valence-corrected chi connectivity index (χ1v) is 11.8. The Morgan fingerprint density at radius 3 is 2.58 bits per heavy atom. The molecule has 4 rings (SSSR count). The van der Waals surface area contributed by atoms with Gasteiger partial charge < -0.3 is 5.32 Å². The van der Waals surface area contributed by atoms with E-state index >= 15 is 0 Å². The summed E-state index contributed by atoms with van der Waals surface area (Å²) in [5, 5.41) is 2.35. The van der Waals surface area contributed by atoms with E-state index in [1.807, 2.05) is 0 Å². The molecule has 0 saturated carbocycles. The predicted octanol–water partition coefficient (Wildman–Crippen LogP) is 2.33. The van der Waals surface area contributed by atoms with Crippen molar-refractivity contribution in [2.45, 2.75) is 25.8 Å². The van der Waals surface area contributed by atoms with Crippen molar-refractivity contribution in [3.05, 3.63) is 64.7 Å². The van der Waals surface area contributed by atoms with Crippen LogP contribution in [0.5, 0.6) is 0 Å². The molecule has 2 heterocycles. The average Bonchev–Trinajstić information content (AvgIpc) is 3.30. The summed E-state index contributed by atoms with van der Waals surface area (Å²) in [6.07, 6.45) is 0.426. The number of halogens is 2. The molecule has 2 aliphatic heterocycles. The third kappa shape index (κ3) is 3.75. The van der Waals surface area contributed by atoms with Crippen molar-refractivity contribution in [3.63, 3.8) is 0 Å². The highest BCUT2D eigenvalue weighted by molar-refractivity contribution is 7.92. The molecule has 1 atom stereocenters. The van der Waals surface area contributed by atoms with Crippen LogP contribution in [0.3, 0.4) is 0 Å². The fraction of sp³-hybridized carbons (Fsp3) is 0.318. The van der Waals surface area contributed by atoms with Gasteiger partial charge in [-0.1, -0.05) is 0 Å². The number of ketones is 1. The van der Waals surface area contributed by atoms with Gasteiger partial charge in [0.15, 0.2) is 5.78 Å². The number of carbonyl (C=O) groups excluding carboxylic acids is 3. The van der Waals surface area contributed by atoms with E-state index in [2.05, 4.69) is 5.32 Å². The number of benzene rings is 2. The molecule has 3 amide bonds. The van der Waals surface area contributed by atoms with Crippen LogP contribution < -0.4 is 9.62 Å². The van der Waals surface area contributed by atoms with Gasteiger partial charge in [0, 0.05) is 17.7 Å². The number of Topliss-reactive ketones (excluding diaryl/α,β-unsaturated/α-hetero) is 1. The molecule has 1 saturated heterocycles. The van der Waals surface area contributed by atoms with Gasteiger partial charge in [-0.3, -0.25) is 18.8 Å². The van der Waals surface area contributed by atoms with E-state index in [1.165, 1.54) is 23.4 Å². The lowest BCUT2D eigenvalue weighted by Gasteiger charge is -2.22. The summed E-state index contributed by atoms with van der Waals surface area (Å²) in [6.45, 7) is 2.46. The second kappa shape index (κ2) is 7.91. The van der Waals surface area contributed by atoms with Crippen molar-refractivity contribution in [2.75, 3.05) is 23.1 Å². The van der Waals surface area contributed by atoms with E-state index in [0.29, 0.717) is 22.6 Å². The molecule has 174 valence electrons. The molecule has 0 aliphatic carbocycles. The number of fused-ring (bicyclic) bond motifs is 1. The summed E-state index contributed by atoms with van der Waals surface area (Å²) in [5.41, 5.74) is -0.836. The minimum Gasteiger partial charge on any atom is -0.319 e. The number of anilines is 1. The molecule has 1 fully saturated rings. The Balaban J connectivity index is 1.57. The van der Waals surface area contributed by atoms with Gasteiger partial charge in [0.1, 0.15) is 17.2 Å². The molecule has 0 unspecified atom stereocenters. The predicted molar refractivity (Wildman–Crippen MR) is 115 cm³/mol. The molecular formula is C22H21F2N3O5S. The zero-order chi connectivity index (χ0) is 24.1. The first-order valence-electron chi connectivity index (χ1n) is 10.2. The minimum absolute atomic E-state index is 0.0516. The summed E-state index contributed by atoms with van der Waals surface area (Å²) in [5.74, 6) is -3.13. The maximum Gasteiger partial charge on any atom is 0.325 e. The van der Waals surface area contributed by atoms with E-state index in [-0.39, 0.29) is 23.4 Å². The van der Waals surface area contributed by atoms with Crippen molar-refractivity contribution >= 4 is 33.4 Å². The van der Waals surface area contributed by atoms with E-state index in [0.717, 1.165) is 18.2 Å². The van der Waals surface area contributed by atoms with Gasteiger partial charge in [-0.05, 0) is 62.2 Å². The third-order valence-electron chi connectivity index (χ3n) is 6.00. The van der Waals surface area contributed by atoms with Crippen LogP contribution in [0.15, 0.2) is 36.4 Å². The number of sulfonamides is 1. The van der Waals surface area contributed by atoms with Gasteiger partial charge in [-0.25, -0.2) is 22.0 Å². The van der Waals surface area contributed by atoms with Crippen molar-refractivity contribution in [3.8, 4) is 0 Å². The second-order valence-corrected chi connectivity index (χ2v) is 10.2. The maximum atomic E-state index is 14.3.